The first-order chi connectivity index (χ1) is 8.76. The molecule has 1 aromatic rings. The summed E-state index contributed by atoms with van der Waals surface area (Å²) in [4.78, 5) is 17.4. The first-order valence-electron chi connectivity index (χ1n) is 5.86. The number of rotatable bonds is 5. The van der Waals surface area contributed by atoms with Crippen LogP contribution in [0.25, 0.3) is 0 Å². The van der Waals surface area contributed by atoms with E-state index >= 15 is 0 Å². The number of amides is 1. The average molecular weight is 305 g/mol. The van der Waals surface area contributed by atoms with Crippen molar-refractivity contribution in [2.24, 2.45) is 0 Å². The van der Waals surface area contributed by atoms with Crippen LogP contribution >= 0.6 is 11.6 Å². The lowest BCUT2D eigenvalue weighted by Gasteiger charge is -2.24. The maximum Gasteiger partial charge on any atom is 0.272 e. The second kappa shape index (κ2) is 6.34. The zero-order valence-corrected chi connectivity index (χ0v) is 12.7. The molecule has 5 nitrogen and oxygen atoms in total. The molecule has 0 saturated heterocycles. The molecule has 0 aromatic carbocycles. The molecule has 0 bridgehead atoms. The Morgan fingerprint density at radius 3 is 2.68 bits per heavy atom. The van der Waals surface area contributed by atoms with Crippen LogP contribution in [0.3, 0.4) is 0 Å². The Kier molecular flexibility index (Phi) is 5.31. The molecule has 0 aliphatic rings. The number of carbonyl (C=O) groups excluding carboxylic acids is 1. The molecule has 7 heteroatoms. The van der Waals surface area contributed by atoms with E-state index in [2.05, 4.69) is 4.98 Å². The van der Waals surface area contributed by atoms with Crippen molar-refractivity contribution in [1.29, 1.82) is 0 Å². The molecule has 1 amide bonds. The van der Waals surface area contributed by atoms with Crippen LogP contribution in [0, 0.1) is 0 Å². The predicted octanol–water partition coefficient (Wildman–Crippen LogP) is 1.63. The first kappa shape index (κ1) is 15.9. The van der Waals surface area contributed by atoms with E-state index < -0.39 is 15.9 Å². The third-order valence-electron chi connectivity index (χ3n) is 2.86. The van der Waals surface area contributed by atoms with Crippen LogP contribution in [-0.4, -0.2) is 48.8 Å². The van der Waals surface area contributed by atoms with Gasteiger partial charge in [-0.3, -0.25) is 9.78 Å². The second-order valence-electron chi connectivity index (χ2n) is 4.32. The molecular weight excluding hydrogens is 288 g/mol. The van der Waals surface area contributed by atoms with Gasteiger partial charge in [0.2, 0.25) is 0 Å². The summed E-state index contributed by atoms with van der Waals surface area (Å²) >= 11 is 5.80. The summed E-state index contributed by atoms with van der Waals surface area (Å²) in [6, 6.07) is 2.61. The van der Waals surface area contributed by atoms with E-state index in [4.69, 9.17) is 11.6 Å². The van der Waals surface area contributed by atoms with Crippen molar-refractivity contribution >= 4 is 27.3 Å². The van der Waals surface area contributed by atoms with Gasteiger partial charge in [0, 0.05) is 30.1 Å². The molecule has 19 heavy (non-hydrogen) atoms. The van der Waals surface area contributed by atoms with E-state index in [9.17, 15) is 13.2 Å². The molecule has 0 N–H and O–H groups in total. The highest BCUT2D eigenvalue weighted by molar-refractivity contribution is 7.91. The molecule has 0 aliphatic carbocycles. The van der Waals surface area contributed by atoms with E-state index in [1.54, 1.807) is 27.0 Å². The Labute approximate surface area is 118 Å². The number of aromatic nitrogens is 1. The summed E-state index contributed by atoms with van der Waals surface area (Å²) in [6.45, 7) is 3.28. The van der Waals surface area contributed by atoms with Crippen molar-refractivity contribution in [3.05, 3.63) is 29.0 Å². The van der Waals surface area contributed by atoms with Gasteiger partial charge in [-0.05, 0) is 19.1 Å². The number of sulfone groups is 1. The van der Waals surface area contributed by atoms with Crippen LogP contribution in [0.2, 0.25) is 5.02 Å². The topological polar surface area (TPSA) is 67.3 Å². The maximum atomic E-state index is 12.1. The molecule has 0 fully saturated rings. The first-order valence-corrected chi connectivity index (χ1v) is 8.06. The third-order valence-corrected chi connectivity index (χ3v) is 4.96. The summed E-state index contributed by atoms with van der Waals surface area (Å²) in [5.74, 6) is -0.345. The van der Waals surface area contributed by atoms with Crippen molar-refractivity contribution in [3.63, 3.8) is 0 Å². The molecular formula is C12H17ClN2O3S. The molecule has 0 aliphatic heterocycles. The standard InChI is InChI=1S/C12H17ClN2O3S/c1-4-19(17,18)8-9(2)15(3)12(16)11-7-10(13)5-6-14-11/h5-7,9H,4,8H2,1-3H3/t9-/m0/s1. The Morgan fingerprint density at radius 1 is 1.53 bits per heavy atom. The summed E-state index contributed by atoms with van der Waals surface area (Å²) < 4.78 is 23.1. The second-order valence-corrected chi connectivity index (χ2v) is 7.16. The Hall–Kier alpha value is -1.14. The van der Waals surface area contributed by atoms with Crippen molar-refractivity contribution < 1.29 is 13.2 Å². The van der Waals surface area contributed by atoms with Gasteiger partial charge in [0.1, 0.15) is 5.69 Å². The van der Waals surface area contributed by atoms with Gasteiger partial charge in [-0.15, -0.1) is 0 Å². The van der Waals surface area contributed by atoms with Gasteiger partial charge in [0.15, 0.2) is 9.84 Å². The molecule has 1 aromatic heterocycles. The average Bonchev–Trinajstić information content (AvgIpc) is 2.36. The molecule has 106 valence electrons. The Balaban J connectivity index is 2.83. The lowest BCUT2D eigenvalue weighted by molar-refractivity contribution is 0.0751. The maximum absolute atomic E-state index is 12.1. The molecule has 1 heterocycles. The third kappa shape index (κ3) is 4.47. The predicted molar refractivity (Wildman–Crippen MR) is 75.1 cm³/mol. The van der Waals surface area contributed by atoms with Gasteiger partial charge < -0.3 is 4.90 Å². The van der Waals surface area contributed by atoms with Crippen molar-refractivity contribution in [3.8, 4) is 0 Å². The molecule has 1 atom stereocenters. The molecule has 0 radical (unpaired) electrons. The van der Waals surface area contributed by atoms with Crippen LogP contribution in [0.5, 0.6) is 0 Å². The van der Waals surface area contributed by atoms with Crippen LogP contribution in [0.15, 0.2) is 18.3 Å². The van der Waals surface area contributed by atoms with Crippen LogP contribution in [0.4, 0.5) is 0 Å². The normalized spacial score (nSPS) is 13.1. The minimum Gasteiger partial charge on any atom is -0.337 e. The SMILES string of the molecule is CCS(=O)(=O)C[C@H](C)N(C)C(=O)c1cc(Cl)ccn1. The summed E-state index contributed by atoms with van der Waals surface area (Å²) in [5.41, 5.74) is 0.204. The van der Waals surface area contributed by atoms with E-state index in [0.29, 0.717) is 5.02 Å². The number of halogens is 1. The fourth-order valence-electron chi connectivity index (χ4n) is 1.50. The monoisotopic (exact) mass is 304 g/mol. The zero-order valence-electron chi connectivity index (χ0n) is 11.1. The highest BCUT2D eigenvalue weighted by atomic mass is 35.5. The Bertz CT molecular complexity index is 560. The number of nitrogens with zero attached hydrogens (tertiary/aromatic N) is 2. The molecule has 0 saturated carbocycles. The zero-order chi connectivity index (χ0) is 14.6. The van der Waals surface area contributed by atoms with Crippen LogP contribution in [0.1, 0.15) is 24.3 Å². The van der Waals surface area contributed by atoms with Gasteiger partial charge in [-0.1, -0.05) is 18.5 Å². The lowest BCUT2D eigenvalue weighted by atomic mass is 10.2. The van der Waals surface area contributed by atoms with Gasteiger partial charge in [-0.25, -0.2) is 8.42 Å². The quantitative estimate of drug-likeness (QED) is 0.829. The van der Waals surface area contributed by atoms with E-state index in [1.807, 2.05) is 0 Å². The minimum atomic E-state index is -3.13. The Morgan fingerprint density at radius 2 is 2.16 bits per heavy atom. The number of carbonyl (C=O) groups is 1. The van der Waals surface area contributed by atoms with Gasteiger partial charge in [0.05, 0.1) is 5.75 Å². The lowest BCUT2D eigenvalue weighted by Crippen LogP contribution is -2.40. The summed E-state index contributed by atoms with van der Waals surface area (Å²) in [6.07, 6.45) is 1.44. The van der Waals surface area contributed by atoms with Crippen molar-refractivity contribution in [2.45, 2.75) is 19.9 Å². The summed E-state index contributed by atoms with van der Waals surface area (Å²) in [7, 11) is -1.57. The minimum absolute atomic E-state index is 0.0632. The number of hydrogen-bond acceptors (Lipinski definition) is 4. The smallest absolute Gasteiger partial charge is 0.272 e. The van der Waals surface area contributed by atoms with E-state index in [0.717, 1.165) is 0 Å². The van der Waals surface area contributed by atoms with Crippen molar-refractivity contribution in [2.75, 3.05) is 18.6 Å². The summed E-state index contributed by atoms with van der Waals surface area (Å²) in [5, 5.41) is 0.417. The highest BCUT2D eigenvalue weighted by Gasteiger charge is 2.23. The van der Waals surface area contributed by atoms with E-state index in [1.165, 1.54) is 17.2 Å². The number of hydrogen-bond donors (Lipinski definition) is 0. The fourth-order valence-corrected chi connectivity index (χ4v) is 2.85. The van der Waals surface area contributed by atoms with E-state index in [-0.39, 0.29) is 23.1 Å². The van der Waals surface area contributed by atoms with Crippen molar-refractivity contribution in [1.82, 2.24) is 9.88 Å². The molecule has 0 spiro atoms. The largest absolute Gasteiger partial charge is 0.337 e. The number of pyridine rings is 1. The fraction of sp³-hybridized carbons (Fsp3) is 0.500. The molecule has 1 rings (SSSR count). The van der Waals surface area contributed by atoms with Gasteiger partial charge in [-0.2, -0.15) is 0 Å². The highest BCUT2D eigenvalue weighted by Crippen LogP contribution is 2.11. The van der Waals surface area contributed by atoms with Gasteiger partial charge in [0.25, 0.3) is 5.91 Å². The van der Waals surface area contributed by atoms with Crippen LogP contribution in [-0.2, 0) is 9.84 Å². The van der Waals surface area contributed by atoms with Crippen LogP contribution < -0.4 is 0 Å². The molecule has 0 unspecified atom stereocenters. The van der Waals surface area contributed by atoms with Gasteiger partial charge >= 0.3 is 0 Å².